The van der Waals surface area contributed by atoms with Crippen molar-refractivity contribution in [1.29, 1.82) is 0 Å². The Morgan fingerprint density at radius 1 is 0.382 bits per heavy atom. The second-order valence-corrected chi connectivity index (χ2v) is 15.1. The van der Waals surface area contributed by atoms with Crippen LogP contribution in [0.4, 0.5) is 17.1 Å². The van der Waals surface area contributed by atoms with Crippen LogP contribution >= 0.6 is 11.3 Å². The SMILES string of the molecule is c1ccc(-c2ccccc2N(c2ccc(-c3ccc4oc5c6ccccc6ccc5c4c3)cc2)c2ccc(-c3cccc4c3sc3ccccc34)cc2)cc1. The maximum Gasteiger partial charge on any atom is 0.143 e. The van der Waals surface area contributed by atoms with Crippen molar-refractivity contribution in [2.24, 2.45) is 0 Å². The van der Waals surface area contributed by atoms with E-state index in [0.717, 1.165) is 55.5 Å². The summed E-state index contributed by atoms with van der Waals surface area (Å²) in [5.74, 6) is 0. The van der Waals surface area contributed by atoms with E-state index in [9.17, 15) is 0 Å². The van der Waals surface area contributed by atoms with Gasteiger partial charge in [-0.3, -0.25) is 0 Å². The summed E-state index contributed by atoms with van der Waals surface area (Å²) >= 11 is 1.87. The van der Waals surface area contributed by atoms with Gasteiger partial charge in [0.05, 0.1) is 5.69 Å². The van der Waals surface area contributed by atoms with Crippen LogP contribution in [0.3, 0.4) is 0 Å². The minimum absolute atomic E-state index is 0.905. The van der Waals surface area contributed by atoms with Crippen molar-refractivity contribution in [2.45, 2.75) is 0 Å². The normalized spacial score (nSPS) is 11.6. The largest absolute Gasteiger partial charge is 0.455 e. The Morgan fingerprint density at radius 2 is 1.02 bits per heavy atom. The molecule has 0 unspecified atom stereocenters. The van der Waals surface area contributed by atoms with Crippen molar-refractivity contribution in [2.75, 3.05) is 4.90 Å². The molecule has 9 aromatic carbocycles. The highest BCUT2D eigenvalue weighted by molar-refractivity contribution is 7.26. The molecule has 0 amide bonds. The summed E-state index contributed by atoms with van der Waals surface area (Å²) in [4.78, 5) is 2.38. The second kappa shape index (κ2) is 12.9. The van der Waals surface area contributed by atoms with Crippen LogP contribution in [0.5, 0.6) is 0 Å². The van der Waals surface area contributed by atoms with Gasteiger partial charge in [0, 0.05) is 53.3 Å². The van der Waals surface area contributed by atoms with Crippen LogP contribution in [-0.2, 0) is 0 Å². The molecule has 258 valence electrons. The number of rotatable bonds is 6. The van der Waals surface area contributed by atoms with Gasteiger partial charge in [0.1, 0.15) is 11.2 Å². The van der Waals surface area contributed by atoms with Crippen LogP contribution in [0, 0.1) is 0 Å². The predicted molar refractivity (Wildman–Crippen MR) is 235 cm³/mol. The summed E-state index contributed by atoms with van der Waals surface area (Å²) in [6.45, 7) is 0. The highest BCUT2D eigenvalue weighted by Gasteiger charge is 2.19. The highest BCUT2D eigenvalue weighted by atomic mass is 32.1. The van der Waals surface area contributed by atoms with Crippen molar-refractivity contribution >= 4 is 81.3 Å². The van der Waals surface area contributed by atoms with Gasteiger partial charge in [0.15, 0.2) is 0 Å². The number of nitrogens with zero attached hydrogens (tertiary/aromatic N) is 1. The van der Waals surface area contributed by atoms with E-state index in [1.807, 2.05) is 11.3 Å². The smallest absolute Gasteiger partial charge is 0.143 e. The van der Waals surface area contributed by atoms with Gasteiger partial charge < -0.3 is 9.32 Å². The summed E-state index contributed by atoms with van der Waals surface area (Å²) in [6, 6.07) is 72.1. The van der Waals surface area contributed by atoms with Crippen molar-refractivity contribution in [3.05, 3.63) is 200 Å². The molecule has 0 N–H and O–H groups in total. The number of hydrogen-bond donors (Lipinski definition) is 0. The van der Waals surface area contributed by atoms with Crippen molar-refractivity contribution in [1.82, 2.24) is 0 Å². The summed E-state index contributed by atoms with van der Waals surface area (Å²) in [6.07, 6.45) is 0. The molecule has 0 saturated carbocycles. The average molecular weight is 720 g/mol. The molecule has 55 heavy (non-hydrogen) atoms. The summed E-state index contributed by atoms with van der Waals surface area (Å²) in [5.41, 5.74) is 12.3. The molecule has 0 radical (unpaired) electrons. The zero-order valence-corrected chi connectivity index (χ0v) is 30.6. The first kappa shape index (κ1) is 31.6. The van der Waals surface area contributed by atoms with Gasteiger partial charge in [-0.2, -0.15) is 0 Å². The Kier molecular flexibility index (Phi) is 7.39. The number of thiophene rings is 1. The molecular formula is C52H33NOS. The summed E-state index contributed by atoms with van der Waals surface area (Å²) in [5, 5.41) is 7.23. The quantitative estimate of drug-likeness (QED) is 0.170. The van der Waals surface area contributed by atoms with Gasteiger partial charge >= 0.3 is 0 Å². The fourth-order valence-corrected chi connectivity index (χ4v) is 9.45. The van der Waals surface area contributed by atoms with E-state index in [1.54, 1.807) is 0 Å². The van der Waals surface area contributed by atoms with E-state index < -0.39 is 0 Å². The third-order valence-corrected chi connectivity index (χ3v) is 12.1. The Hall–Kier alpha value is -6.94. The zero-order chi connectivity index (χ0) is 36.3. The molecule has 0 saturated heterocycles. The molecule has 0 aliphatic heterocycles. The monoisotopic (exact) mass is 719 g/mol. The Balaban J connectivity index is 1.01. The van der Waals surface area contributed by atoms with Crippen molar-refractivity contribution < 1.29 is 4.42 Å². The lowest BCUT2D eigenvalue weighted by atomic mass is 9.99. The van der Waals surface area contributed by atoms with Gasteiger partial charge in [-0.25, -0.2) is 0 Å². The van der Waals surface area contributed by atoms with Crippen molar-refractivity contribution in [3.8, 4) is 33.4 Å². The average Bonchev–Trinajstić information content (AvgIpc) is 3.83. The van der Waals surface area contributed by atoms with Crippen LogP contribution in [0.25, 0.3) is 86.3 Å². The van der Waals surface area contributed by atoms with Gasteiger partial charge in [-0.15, -0.1) is 11.3 Å². The Labute approximate surface area is 322 Å². The molecule has 0 atom stereocenters. The molecule has 0 fully saturated rings. The van der Waals surface area contributed by atoms with E-state index >= 15 is 0 Å². The number of fused-ring (bicyclic) bond motifs is 8. The van der Waals surface area contributed by atoms with Crippen LogP contribution < -0.4 is 4.90 Å². The van der Waals surface area contributed by atoms with E-state index in [1.165, 1.54) is 47.8 Å². The second-order valence-electron chi connectivity index (χ2n) is 14.1. The molecule has 0 bridgehead atoms. The van der Waals surface area contributed by atoms with Crippen molar-refractivity contribution in [3.63, 3.8) is 0 Å². The van der Waals surface area contributed by atoms with Gasteiger partial charge in [-0.05, 0) is 87.8 Å². The van der Waals surface area contributed by atoms with Crippen LogP contribution in [0.15, 0.2) is 205 Å². The molecule has 2 aromatic heterocycles. The summed E-state index contributed by atoms with van der Waals surface area (Å²) in [7, 11) is 0. The number of furan rings is 1. The molecule has 3 heteroatoms. The first-order valence-corrected chi connectivity index (χ1v) is 19.5. The first-order chi connectivity index (χ1) is 27.3. The van der Waals surface area contributed by atoms with E-state index in [-0.39, 0.29) is 0 Å². The van der Waals surface area contributed by atoms with E-state index in [4.69, 9.17) is 4.42 Å². The standard InChI is InChI=1S/C52H33NOS/c1-2-11-35(12-3-1)41-14-6-8-19-48(41)53(40-29-23-37(24-30-40)43-17-10-18-46-44-16-7-9-20-50(44)55-52(43)46)39-27-21-34(22-28-39)38-26-32-49-47(33-38)45-31-25-36-13-4-5-15-42(36)51(45)54-49/h1-33H. The van der Waals surface area contributed by atoms with Gasteiger partial charge in [0.2, 0.25) is 0 Å². The van der Waals surface area contributed by atoms with E-state index in [2.05, 4.69) is 205 Å². The lowest BCUT2D eigenvalue weighted by Gasteiger charge is -2.28. The molecule has 11 rings (SSSR count). The molecule has 0 spiro atoms. The number of anilines is 3. The maximum atomic E-state index is 6.42. The van der Waals surface area contributed by atoms with Crippen LogP contribution in [-0.4, -0.2) is 0 Å². The number of hydrogen-bond acceptors (Lipinski definition) is 3. The molecule has 2 nitrogen and oxygen atoms in total. The molecule has 0 aliphatic carbocycles. The number of para-hydroxylation sites is 1. The van der Waals surface area contributed by atoms with Gasteiger partial charge in [-0.1, -0.05) is 146 Å². The van der Waals surface area contributed by atoms with Gasteiger partial charge in [0.25, 0.3) is 0 Å². The third kappa shape index (κ3) is 5.32. The highest BCUT2D eigenvalue weighted by Crippen LogP contribution is 2.44. The lowest BCUT2D eigenvalue weighted by molar-refractivity contribution is 0.672. The fraction of sp³-hybridized carbons (Fsp3) is 0. The Bertz CT molecular complexity index is 3190. The molecule has 0 aliphatic rings. The number of benzene rings is 9. The minimum Gasteiger partial charge on any atom is -0.455 e. The summed E-state index contributed by atoms with van der Waals surface area (Å²) < 4.78 is 9.06. The van der Waals surface area contributed by atoms with Crippen LogP contribution in [0.2, 0.25) is 0 Å². The molecule has 11 aromatic rings. The molecule has 2 heterocycles. The Morgan fingerprint density at radius 3 is 1.85 bits per heavy atom. The fourth-order valence-electron chi connectivity index (χ4n) is 8.21. The predicted octanol–water partition coefficient (Wildman–Crippen LogP) is 15.6. The third-order valence-electron chi connectivity index (χ3n) is 10.9. The van der Waals surface area contributed by atoms with E-state index in [0.29, 0.717) is 0 Å². The molecular weight excluding hydrogens is 687 g/mol. The maximum absolute atomic E-state index is 6.42. The topological polar surface area (TPSA) is 16.4 Å². The zero-order valence-electron chi connectivity index (χ0n) is 29.8. The first-order valence-electron chi connectivity index (χ1n) is 18.7. The minimum atomic E-state index is 0.905. The lowest BCUT2D eigenvalue weighted by Crippen LogP contribution is -2.11. The van der Waals surface area contributed by atoms with Crippen LogP contribution in [0.1, 0.15) is 0 Å².